The molecule has 0 aromatic carbocycles. The van der Waals surface area contributed by atoms with Crippen LogP contribution in [0.3, 0.4) is 0 Å². The lowest BCUT2D eigenvalue weighted by Crippen LogP contribution is -2.11. The molecule has 5 nitrogen and oxygen atoms in total. The lowest BCUT2D eigenvalue weighted by atomic mass is 10.2. The summed E-state index contributed by atoms with van der Waals surface area (Å²) in [7, 11) is 0. The topological polar surface area (TPSA) is 41.9 Å². The monoisotopic (exact) mass is 369 g/mol. The lowest BCUT2D eigenvalue weighted by molar-refractivity contribution is -0.00294. The third kappa shape index (κ3) is 9.72. The number of ether oxygens (including phenoxy) is 4. The van der Waals surface area contributed by atoms with Crippen molar-refractivity contribution in [2.75, 3.05) is 46.2 Å². The van der Waals surface area contributed by atoms with Crippen LogP contribution >= 0.6 is 0 Å². The van der Waals surface area contributed by atoms with E-state index < -0.39 is 0 Å². The lowest BCUT2D eigenvalue weighted by Gasteiger charge is -2.10. The minimum Gasteiger partial charge on any atom is -0.379 e. The second kappa shape index (κ2) is 15.2. The third-order valence-corrected chi connectivity index (χ3v) is 4.49. The van der Waals surface area contributed by atoms with Crippen molar-refractivity contribution in [2.45, 2.75) is 66.5 Å². The van der Waals surface area contributed by atoms with Crippen LogP contribution in [-0.4, -0.2) is 50.8 Å². The highest BCUT2D eigenvalue weighted by atomic mass is 16.6. The van der Waals surface area contributed by atoms with Gasteiger partial charge in [-0.1, -0.05) is 26.2 Å². The first-order valence-electron chi connectivity index (χ1n) is 10.2. The van der Waals surface area contributed by atoms with Gasteiger partial charge in [-0.3, -0.25) is 0 Å². The Morgan fingerprint density at radius 2 is 1.38 bits per heavy atom. The molecule has 0 N–H and O–H groups in total. The predicted octanol–water partition coefficient (Wildman–Crippen LogP) is 4.27. The van der Waals surface area contributed by atoms with Gasteiger partial charge in [-0.2, -0.15) is 0 Å². The van der Waals surface area contributed by atoms with Crippen molar-refractivity contribution >= 4 is 0 Å². The van der Waals surface area contributed by atoms with Crippen LogP contribution in [0, 0.1) is 13.8 Å². The Bertz CT molecular complexity index is 459. The largest absolute Gasteiger partial charge is 0.379 e. The van der Waals surface area contributed by atoms with Crippen LogP contribution in [0.25, 0.3) is 0 Å². The molecule has 0 aliphatic heterocycles. The standard InChI is InChI=1S/C21H39NO4/c1-5-7-8-9-10-22-19(3)17-21(20(22)4)18-26-16-15-25-14-13-24-12-11-23-6-2/h17H,5-16,18H2,1-4H3. The molecule has 0 amide bonds. The van der Waals surface area contributed by atoms with E-state index in [-0.39, 0.29) is 0 Å². The molecule has 1 heterocycles. The summed E-state index contributed by atoms with van der Waals surface area (Å²) >= 11 is 0. The van der Waals surface area contributed by atoms with Crippen molar-refractivity contribution in [1.29, 1.82) is 0 Å². The van der Waals surface area contributed by atoms with Crippen LogP contribution in [0.1, 0.15) is 56.5 Å². The number of aromatic nitrogens is 1. The molecule has 0 atom stereocenters. The molecular weight excluding hydrogens is 330 g/mol. The van der Waals surface area contributed by atoms with Gasteiger partial charge in [0, 0.05) is 24.5 Å². The third-order valence-electron chi connectivity index (χ3n) is 4.49. The van der Waals surface area contributed by atoms with E-state index in [1.807, 2.05) is 6.92 Å². The van der Waals surface area contributed by atoms with E-state index in [9.17, 15) is 0 Å². The molecule has 0 aliphatic carbocycles. The van der Waals surface area contributed by atoms with E-state index in [4.69, 9.17) is 18.9 Å². The summed E-state index contributed by atoms with van der Waals surface area (Å²) in [5, 5.41) is 0. The van der Waals surface area contributed by atoms with Crippen LogP contribution in [0.2, 0.25) is 0 Å². The summed E-state index contributed by atoms with van der Waals surface area (Å²) in [5.74, 6) is 0. The van der Waals surface area contributed by atoms with E-state index in [0.29, 0.717) is 46.2 Å². The van der Waals surface area contributed by atoms with Crippen molar-refractivity contribution in [3.8, 4) is 0 Å². The van der Waals surface area contributed by atoms with Gasteiger partial charge in [0.05, 0.1) is 46.2 Å². The minimum atomic E-state index is 0.599. The van der Waals surface area contributed by atoms with Crippen molar-refractivity contribution in [2.24, 2.45) is 0 Å². The minimum absolute atomic E-state index is 0.599. The predicted molar refractivity (Wildman–Crippen MR) is 106 cm³/mol. The fourth-order valence-corrected chi connectivity index (χ4v) is 2.94. The maximum Gasteiger partial charge on any atom is 0.0735 e. The zero-order valence-electron chi connectivity index (χ0n) is 17.3. The van der Waals surface area contributed by atoms with Gasteiger partial charge in [0.2, 0.25) is 0 Å². The van der Waals surface area contributed by atoms with E-state index >= 15 is 0 Å². The molecule has 0 bridgehead atoms. The number of nitrogens with zero attached hydrogens (tertiary/aromatic N) is 1. The van der Waals surface area contributed by atoms with Crippen LogP contribution in [0.5, 0.6) is 0 Å². The first-order chi connectivity index (χ1) is 12.7. The molecule has 0 unspecified atom stereocenters. The first-order valence-corrected chi connectivity index (χ1v) is 10.2. The van der Waals surface area contributed by atoms with Crippen molar-refractivity contribution in [3.63, 3.8) is 0 Å². The zero-order valence-corrected chi connectivity index (χ0v) is 17.3. The Hall–Kier alpha value is -0.880. The summed E-state index contributed by atoms with van der Waals surface area (Å²) in [6.07, 6.45) is 5.17. The quantitative estimate of drug-likeness (QED) is 0.385. The number of rotatable bonds is 17. The van der Waals surface area contributed by atoms with E-state index in [2.05, 4.69) is 31.4 Å². The smallest absolute Gasteiger partial charge is 0.0735 e. The van der Waals surface area contributed by atoms with E-state index in [1.165, 1.54) is 42.6 Å². The summed E-state index contributed by atoms with van der Waals surface area (Å²) in [4.78, 5) is 0. The molecule has 0 saturated carbocycles. The number of aryl methyl sites for hydroxylation is 1. The summed E-state index contributed by atoms with van der Waals surface area (Å²) in [5.41, 5.74) is 3.96. The average Bonchev–Trinajstić information content (AvgIpc) is 2.90. The normalized spacial score (nSPS) is 11.4. The van der Waals surface area contributed by atoms with E-state index in [0.717, 1.165) is 13.2 Å². The maximum atomic E-state index is 5.77. The number of hydrogen-bond donors (Lipinski definition) is 0. The Morgan fingerprint density at radius 1 is 0.769 bits per heavy atom. The highest BCUT2D eigenvalue weighted by Crippen LogP contribution is 2.17. The molecule has 1 aromatic heterocycles. The van der Waals surface area contributed by atoms with Crippen LogP contribution in [-0.2, 0) is 32.1 Å². The van der Waals surface area contributed by atoms with Gasteiger partial charge in [0.1, 0.15) is 0 Å². The van der Waals surface area contributed by atoms with Crippen molar-refractivity contribution < 1.29 is 18.9 Å². The Kier molecular flexibility index (Phi) is 13.5. The molecular formula is C21H39NO4. The molecule has 1 aromatic rings. The highest BCUT2D eigenvalue weighted by molar-refractivity contribution is 5.26. The Labute approximate surface area is 160 Å². The fraction of sp³-hybridized carbons (Fsp3) is 0.810. The molecule has 1 rings (SSSR count). The van der Waals surface area contributed by atoms with Gasteiger partial charge in [0.15, 0.2) is 0 Å². The Balaban J connectivity index is 2.10. The zero-order chi connectivity index (χ0) is 19.0. The highest BCUT2D eigenvalue weighted by Gasteiger charge is 2.08. The van der Waals surface area contributed by atoms with Gasteiger partial charge in [-0.25, -0.2) is 0 Å². The number of unbranched alkanes of at least 4 members (excludes halogenated alkanes) is 3. The Morgan fingerprint density at radius 3 is 2.00 bits per heavy atom. The molecule has 152 valence electrons. The molecule has 26 heavy (non-hydrogen) atoms. The second-order valence-corrected chi connectivity index (χ2v) is 6.58. The fourth-order valence-electron chi connectivity index (χ4n) is 2.94. The second-order valence-electron chi connectivity index (χ2n) is 6.58. The van der Waals surface area contributed by atoms with Crippen LogP contribution in [0.15, 0.2) is 6.07 Å². The van der Waals surface area contributed by atoms with Gasteiger partial charge >= 0.3 is 0 Å². The first kappa shape index (κ1) is 23.2. The van der Waals surface area contributed by atoms with Crippen LogP contribution < -0.4 is 0 Å². The van der Waals surface area contributed by atoms with E-state index in [1.54, 1.807) is 0 Å². The van der Waals surface area contributed by atoms with Gasteiger partial charge in [-0.15, -0.1) is 0 Å². The molecule has 0 spiro atoms. The van der Waals surface area contributed by atoms with Gasteiger partial charge < -0.3 is 23.5 Å². The summed E-state index contributed by atoms with van der Waals surface area (Å²) in [6.45, 7) is 14.8. The van der Waals surface area contributed by atoms with Crippen molar-refractivity contribution in [3.05, 3.63) is 23.0 Å². The molecule has 0 fully saturated rings. The molecule has 0 aliphatic rings. The summed E-state index contributed by atoms with van der Waals surface area (Å²) < 4.78 is 24.3. The maximum absolute atomic E-state index is 5.77. The van der Waals surface area contributed by atoms with Crippen molar-refractivity contribution in [1.82, 2.24) is 4.57 Å². The van der Waals surface area contributed by atoms with Crippen LogP contribution in [0.4, 0.5) is 0 Å². The van der Waals surface area contributed by atoms with Gasteiger partial charge in [-0.05, 0) is 38.8 Å². The molecule has 5 heteroatoms. The van der Waals surface area contributed by atoms with Gasteiger partial charge in [0.25, 0.3) is 0 Å². The molecule has 0 saturated heterocycles. The number of hydrogen-bond acceptors (Lipinski definition) is 4. The molecule has 0 radical (unpaired) electrons. The summed E-state index contributed by atoms with van der Waals surface area (Å²) in [6, 6.07) is 2.25. The SMILES string of the molecule is CCCCCCn1c(C)cc(COCCOCCOCCOCC)c1C. The average molecular weight is 370 g/mol.